The number of benzene rings is 3. The van der Waals surface area contributed by atoms with Gasteiger partial charge in [-0.05, 0) is 62.4 Å². The third-order valence-corrected chi connectivity index (χ3v) is 6.40. The summed E-state index contributed by atoms with van der Waals surface area (Å²) in [4.78, 5) is 16.9. The number of urea groups is 1. The molecule has 4 aromatic rings. The number of anilines is 2. The summed E-state index contributed by atoms with van der Waals surface area (Å²) < 4.78 is 26.6. The fraction of sp³-hybridized carbons (Fsp3) is 0.222. The van der Waals surface area contributed by atoms with Gasteiger partial charge >= 0.3 is 6.03 Å². The van der Waals surface area contributed by atoms with Crippen LogP contribution in [0.1, 0.15) is 13.8 Å². The molecule has 0 aliphatic carbocycles. The van der Waals surface area contributed by atoms with Crippen LogP contribution in [0.2, 0.25) is 0 Å². The standard InChI is InChI=1S/C27H25F2N5O.ClH/c1-17-16-34(27(35)30-22-13-11-21(29)12-14-22)18(2)15-33(17)26-24-6-4-3-5-23(24)25(31-32-26)19-7-9-20(28)10-8-19;/h3-14,17-18H,15-16H2,1-2H3,(H,30,35);1H/t17-,18+;/m0./s1. The molecule has 0 radical (unpaired) electrons. The van der Waals surface area contributed by atoms with Crippen LogP contribution in [0.4, 0.5) is 25.1 Å². The first-order valence-electron chi connectivity index (χ1n) is 11.5. The maximum Gasteiger partial charge on any atom is 0.322 e. The molecule has 2 heterocycles. The first-order chi connectivity index (χ1) is 16.9. The van der Waals surface area contributed by atoms with Crippen molar-refractivity contribution in [3.05, 3.63) is 84.4 Å². The van der Waals surface area contributed by atoms with E-state index < -0.39 is 0 Å². The number of rotatable bonds is 3. The van der Waals surface area contributed by atoms with Crippen molar-refractivity contribution in [1.82, 2.24) is 15.1 Å². The molecular formula is C27H26ClF2N5O. The zero-order valence-electron chi connectivity index (χ0n) is 19.9. The van der Waals surface area contributed by atoms with Crippen LogP contribution in [0.15, 0.2) is 72.8 Å². The molecule has 0 saturated carbocycles. The van der Waals surface area contributed by atoms with E-state index in [1.54, 1.807) is 29.2 Å². The third-order valence-electron chi connectivity index (χ3n) is 6.40. The first-order valence-corrected chi connectivity index (χ1v) is 11.5. The Labute approximate surface area is 214 Å². The first kappa shape index (κ1) is 25.3. The summed E-state index contributed by atoms with van der Waals surface area (Å²) in [5.74, 6) is 0.105. The molecule has 6 nitrogen and oxygen atoms in total. The molecule has 186 valence electrons. The molecule has 1 aliphatic rings. The van der Waals surface area contributed by atoms with Crippen LogP contribution in [0.5, 0.6) is 0 Å². The van der Waals surface area contributed by atoms with Crippen molar-refractivity contribution in [3.8, 4) is 11.3 Å². The molecule has 3 aromatic carbocycles. The van der Waals surface area contributed by atoms with E-state index >= 15 is 0 Å². The zero-order chi connectivity index (χ0) is 24.5. The highest BCUT2D eigenvalue weighted by atomic mass is 35.5. The number of amides is 2. The second-order valence-electron chi connectivity index (χ2n) is 8.86. The number of piperazine rings is 1. The normalized spacial score (nSPS) is 17.6. The molecule has 0 bridgehead atoms. The summed E-state index contributed by atoms with van der Waals surface area (Å²) in [6.45, 7) is 5.11. The zero-order valence-corrected chi connectivity index (χ0v) is 20.7. The van der Waals surface area contributed by atoms with Crippen LogP contribution in [0.25, 0.3) is 22.0 Å². The van der Waals surface area contributed by atoms with Crippen molar-refractivity contribution in [3.63, 3.8) is 0 Å². The summed E-state index contributed by atoms with van der Waals surface area (Å²) in [5.41, 5.74) is 2.04. The number of hydrogen-bond donors (Lipinski definition) is 1. The summed E-state index contributed by atoms with van der Waals surface area (Å²) in [6, 6.07) is 19.5. The van der Waals surface area contributed by atoms with Gasteiger partial charge in [-0.3, -0.25) is 0 Å². The van der Waals surface area contributed by atoms with E-state index in [1.807, 2.05) is 38.1 Å². The number of nitrogens with zero attached hydrogens (tertiary/aromatic N) is 4. The molecule has 36 heavy (non-hydrogen) atoms. The highest BCUT2D eigenvalue weighted by Gasteiger charge is 2.34. The molecule has 1 saturated heterocycles. The highest BCUT2D eigenvalue weighted by Crippen LogP contribution is 2.33. The number of fused-ring (bicyclic) bond motifs is 1. The average Bonchev–Trinajstić information content (AvgIpc) is 2.86. The summed E-state index contributed by atoms with van der Waals surface area (Å²) in [6.07, 6.45) is 0. The van der Waals surface area contributed by atoms with E-state index in [-0.39, 0.29) is 42.2 Å². The molecular weight excluding hydrogens is 484 g/mol. The van der Waals surface area contributed by atoms with Gasteiger partial charge in [-0.2, -0.15) is 0 Å². The van der Waals surface area contributed by atoms with Crippen molar-refractivity contribution in [2.75, 3.05) is 23.3 Å². The highest BCUT2D eigenvalue weighted by molar-refractivity contribution is 6.00. The molecule has 1 aromatic heterocycles. The maximum atomic E-state index is 13.4. The Bertz CT molecular complexity index is 1370. The number of carbonyl (C=O) groups excluding carboxylic acids is 1. The minimum absolute atomic E-state index is 0. The lowest BCUT2D eigenvalue weighted by Gasteiger charge is -2.44. The minimum atomic E-state index is -0.350. The Kier molecular flexibility index (Phi) is 7.35. The predicted octanol–water partition coefficient (Wildman–Crippen LogP) is 6.13. The molecule has 1 N–H and O–H groups in total. The van der Waals surface area contributed by atoms with Gasteiger partial charge in [-0.15, -0.1) is 22.6 Å². The van der Waals surface area contributed by atoms with E-state index in [2.05, 4.69) is 20.4 Å². The molecule has 2 amide bonds. The largest absolute Gasteiger partial charge is 0.348 e. The van der Waals surface area contributed by atoms with Gasteiger partial charge in [-0.1, -0.05) is 24.3 Å². The van der Waals surface area contributed by atoms with E-state index in [9.17, 15) is 13.6 Å². The lowest BCUT2D eigenvalue weighted by Crippen LogP contribution is -2.59. The van der Waals surface area contributed by atoms with Gasteiger partial charge in [0.2, 0.25) is 0 Å². The second-order valence-corrected chi connectivity index (χ2v) is 8.86. The van der Waals surface area contributed by atoms with Gasteiger partial charge in [0, 0.05) is 47.2 Å². The predicted molar refractivity (Wildman–Crippen MR) is 141 cm³/mol. The quantitative estimate of drug-likeness (QED) is 0.361. The van der Waals surface area contributed by atoms with E-state index in [4.69, 9.17) is 0 Å². The number of aromatic nitrogens is 2. The van der Waals surface area contributed by atoms with E-state index in [0.29, 0.717) is 24.5 Å². The van der Waals surface area contributed by atoms with Gasteiger partial charge in [0.05, 0.1) is 0 Å². The molecule has 0 unspecified atom stereocenters. The number of hydrogen-bond acceptors (Lipinski definition) is 4. The van der Waals surface area contributed by atoms with Gasteiger partial charge < -0.3 is 15.1 Å². The molecule has 5 rings (SSSR count). The Morgan fingerprint density at radius 3 is 2.11 bits per heavy atom. The van der Waals surface area contributed by atoms with Gasteiger partial charge in [0.1, 0.15) is 17.3 Å². The fourth-order valence-corrected chi connectivity index (χ4v) is 4.56. The molecule has 0 spiro atoms. The lowest BCUT2D eigenvalue weighted by atomic mass is 10.0. The van der Waals surface area contributed by atoms with Crippen LogP contribution >= 0.6 is 12.4 Å². The molecule has 9 heteroatoms. The summed E-state index contributed by atoms with van der Waals surface area (Å²) in [5, 5.41) is 13.8. The topological polar surface area (TPSA) is 61.4 Å². The minimum Gasteiger partial charge on any atom is -0.348 e. The Morgan fingerprint density at radius 2 is 1.44 bits per heavy atom. The lowest BCUT2D eigenvalue weighted by molar-refractivity contribution is 0.173. The van der Waals surface area contributed by atoms with Crippen molar-refractivity contribution in [1.29, 1.82) is 0 Å². The molecule has 2 atom stereocenters. The van der Waals surface area contributed by atoms with Crippen molar-refractivity contribution in [2.24, 2.45) is 0 Å². The monoisotopic (exact) mass is 509 g/mol. The summed E-state index contributed by atoms with van der Waals surface area (Å²) in [7, 11) is 0. The maximum absolute atomic E-state index is 13.4. The van der Waals surface area contributed by atoms with Gasteiger partial charge in [-0.25, -0.2) is 13.6 Å². The Morgan fingerprint density at radius 1 is 0.833 bits per heavy atom. The number of nitrogens with one attached hydrogen (secondary N) is 1. The van der Waals surface area contributed by atoms with Crippen LogP contribution in [0, 0.1) is 11.6 Å². The van der Waals surface area contributed by atoms with Gasteiger partial charge in [0.25, 0.3) is 0 Å². The van der Waals surface area contributed by atoms with Gasteiger partial charge in [0.15, 0.2) is 5.82 Å². The second kappa shape index (κ2) is 10.5. The van der Waals surface area contributed by atoms with Crippen LogP contribution in [0.3, 0.4) is 0 Å². The SMILES string of the molecule is C[C@@H]1CN(c2nnc(-c3ccc(F)cc3)c3ccccc23)[C@@H](C)CN1C(=O)Nc1ccc(F)cc1.Cl. The smallest absolute Gasteiger partial charge is 0.322 e. The Balaban J connectivity index is 0.00000304. The van der Waals surface area contributed by atoms with E-state index in [0.717, 1.165) is 22.2 Å². The van der Waals surface area contributed by atoms with Crippen molar-refractivity contribution in [2.45, 2.75) is 25.9 Å². The molecule has 1 aliphatic heterocycles. The third kappa shape index (κ3) is 4.95. The Hall–Kier alpha value is -3.78. The fourth-order valence-electron chi connectivity index (χ4n) is 4.56. The number of halogens is 3. The van der Waals surface area contributed by atoms with Crippen LogP contribution in [-0.4, -0.2) is 46.3 Å². The molecule has 1 fully saturated rings. The van der Waals surface area contributed by atoms with Crippen molar-refractivity contribution >= 4 is 40.7 Å². The van der Waals surface area contributed by atoms with Crippen molar-refractivity contribution < 1.29 is 13.6 Å². The average molecular weight is 510 g/mol. The summed E-state index contributed by atoms with van der Waals surface area (Å²) >= 11 is 0. The van der Waals surface area contributed by atoms with Crippen LogP contribution in [-0.2, 0) is 0 Å². The number of carbonyl (C=O) groups is 1. The van der Waals surface area contributed by atoms with Crippen LogP contribution < -0.4 is 10.2 Å². The van der Waals surface area contributed by atoms with E-state index in [1.165, 1.54) is 24.3 Å².